The number of rotatable bonds is 6. The summed E-state index contributed by atoms with van der Waals surface area (Å²) in [5.41, 5.74) is 6.90. The first-order valence-corrected chi connectivity index (χ1v) is 6.93. The number of halogens is 1. The highest BCUT2D eigenvalue weighted by molar-refractivity contribution is 5.85. The van der Waals surface area contributed by atoms with Gasteiger partial charge >= 0.3 is 0 Å². The average molecular weight is 317 g/mol. The van der Waals surface area contributed by atoms with Gasteiger partial charge < -0.3 is 19.9 Å². The summed E-state index contributed by atoms with van der Waals surface area (Å²) in [6, 6.07) is 4.02. The quantitative estimate of drug-likeness (QED) is 0.869. The third-order valence-electron chi connectivity index (χ3n) is 3.83. The van der Waals surface area contributed by atoms with E-state index in [-0.39, 0.29) is 12.4 Å². The Bertz CT molecular complexity index is 432. The van der Waals surface area contributed by atoms with Crippen molar-refractivity contribution in [3.8, 4) is 17.2 Å². The molecule has 21 heavy (non-hydrogen) atoms. The zero-order chi connectivity index (χ0) is 14.5. The summed E-state index contributed by atoms with van der Waals surface area (Å²) in [6.07, 6.45) is 1.18. The summed E-state index contributed by atoms with van der Waals surface area (Å²) < 4.78 is 16.1. The summed E-state index contributed by atoms with van der Waals surface area (Å²) in [5, 5.41) is 0. The van der Waals surface area contributed by atoms with Crippen LogP contribution in [-0.2, 0) is 6.54 Å². The van der Waals surface area contributed by atoms with E-state index in [0.29, 0.717) is 23.2 Å². The fourth-order valence-electron chi connectivity index (χ4n) is 2.73. The molecule has 1 heterocycles. The van der Waals surface area contributed by atoms with Gasteiger partial charge in [-0.05, 0) is 43.1 Å². The Morgan fingerprint density at radius 3 is 2.19 bits per heavy atom. The van der Waals surface area contributed by atoms with E-state index in [1.165, 1.54) is 6.42 Å². The van der Waals surface area contributed by atoms with Crippen molar-refractivity contribution in [1.29, 1.82) is 0 Å². The van der Waals surface area contributed by atoms with E-state index >= 15 is 0 Å². The van der Waals surface area contributed by atoms with Gasteiger partial charge in [0.2, 0.25) is 5.75 Å². The van der Waals surface area contributed by atoms with Gasteiger partial charge in [0.1, 0.15) is 0 Å². The number of likely N-dealkylation sites (tertiary alicyclic amines) is 1. The van der Waals surface area contributed by atoms with Gasteiger partial charge in [0, 0.05) is 13.1 Å². The number of hydrogen-bond donors (Lipinski definition) is 1. The van der Waals surface area contributed by atoms with Crippen molar-refractivity contribution in [1.82, 2.24) is 4.90 Å². The van der Waals surface area contributed by atoms with E-state index in [4.69, 9.17) is 19.9 Å². The van der Waals surface area contributed by atoms with E-state index in [1.807, 2.05) is 12.1 Å². The first kappa shape index (κ1) is 17.9. The molecule has 0 bridgehead atoms. The van der Waals surface area contributed by atoms with Crippen molar-refractivity contribution in [3.63, 3.8) is 0 Å². The Balaban J connectivity index is 0.00000220. The zero-order valence-electron chi connectivity index (χ0n) is 12.9. The Kier molecular flexibility index (Phi) is 7.08. The van der Waals surface area contributed by atoms with Crippen molar-refractivity contribution in [2.45, 2.75) is 13.0 Å². The SMILES string of the molecule is COc1cc(CN2CCC(CN)C2)cc(OC)c1OC.Cl. The molecule has 0 radical (unpaired) electrons. The molecule has 1 aromatic rings. The minimum Gasteiger partial charge on any atom is -0.493 e. The maximum Gasteiger partial charge on any atom is 0.203 e. The van der Waals surface area contributed by atoms with Crippen LogP contribution in [0.15, 0.2) is 12.1 Å². The highest BCUT2D eigenvalue weighted by Crippen LogP contribution is 2.38. The molecule has 1 saturated heterocycles. The molecule has 2 rings (SSSR count). The van der Waals surface area contributed by atoms with Crippen LogP contribution in [0.1, 0.15) is 12.0 Å². The van der Waals surface area contributed by atoms with Crippen molar-refractivity contribution in [2.75, 3.05) is 41.0 Å². The Morgan fingerprint density at radius 1 is 1.14 bits per heavy atom. The molecule has 0 aromatic heterocycles. The molecule has 1 aliphatic heterocycles. The summed E-state index contributed by atoms with van der Waals surface area (Å²) in [4.78, 5) is 2.41. The second-order valence-corrected chi connectivity index (χ2v) is 5.16. The van der Waals surface area contributed by atoms with Crippen LogP contribution < -0.4 is 19.9 Å². The maximum absolute atomic E-state index is 5.74. The van der Waals surface area contributed by atoms with Crippen molar-refractivity contribution >= 4 is 12.4 Å². The van der Waals surface area contributed by atoms with Crippen molar-refractivity contribution in [2.24, 2.45) is 11.7 Å². The lowest BCUT2D eigenvalue weighted by Crippen LogP contribution is -2.22. The lowest BCUT2D eigenvalue weighted by Gasteiger charge is -2.18. The van der Waals surface area contributed by atoms with Gasteiger partial charge in [-0.25, -0.2) is 0 Å². The molecule has 6 heteroatoms. The molecular weight excluding hydrogens is 292 g/mol. The summed E-state index contributed by atoms with van der Waals surface area (Å²) in [5.74, 6) is 2.67. The molecular formula is C15H25ClN2O3. The lowest BCUT2D eigenvalue weighted by molar-refractivity contribution is 0.308. The molecule has 0 aliphatic carbocycles. The van der Waals surface area contributed by atoms with Crippen LogP contribution in [0.4, 0.5) is 0 Å². The molecule has 2 N–H and O–H groups in total. The van der Waals surface area contributed by atoms with Crippen LogP contribution in [0.2, 0.25) is 0 Å². The normalized spacial score (nSPS) is 18.2. The molecule has 1 atom stereocenters. The minimum absolute atomic E-state index is 0. The number of nitrogens with two attached hydrogens (primary N) is 1. The Hall–Kier alpha value is -1.17. The van der Waals surface area contributed by atoms with E-state index in [0.717, 1.165) is 31.7 Å². The van der Waals surface area contributed by atoms with Gasteiger partial charge in [0.15, 0.2) is 11.5 Å². The average Bonchev–Trinajstić information content (AvgIpc) is 2.93. The van der Waals surface area contributed by atoms with Gasteiger partial charge in [0.25, 0.3) is 0 Å². The van der Waals surface area contributed by atoms with E-state index in [9.17, 15) is 0 Å². The van der Waals surface area contributed by atoms with E-state index in [1.54, 1.807) is 21.3 Å². The standard InChI is InChI=1S/C15H24N2O3.ClH/c1-18-13-6-12(7-14(19-2)15(13)20-3)10-17-5-4-11(8-16)9-17;/h6-7,11H,4-5,8-10,16H2,1-3H3;1H. The number of ether oxygens (including phenoxy) is 3. The smallest absolute Gasteiger partial charge is 0.203 e. The third kappa shape index (κ3) is 4.15. The van der Waals surface area contributed by atoms with Crippen LogP contribution in [0.25, 0.3) is 0 Å². The van der Waals surface area contributed by atoms with Crippen LogP contribution in [-0.4, -0.2) is 45.9 Å². The zero-order valence-corrected chi connectivity index (χ0v) is 13.7. The van der Waals surface area contributed by atoms with Crippen molar-refractivity contribution in [3.05, 3.63) is 17.7 Å². The van der Waals surface area contributed by atoms with Gasteiger partial charge in [-0.2, -0.15) is 0 Å². The number of hydrogen-bond acceptors (Lipinski definition) is 5. The van der Waals surface area contributed by atoms with Crippen molar-refractivity contribution < 1.29 is 14.2 Å². The van der Waals surface area contributed by atoms with Gasteiger partial charge in [0.05, 0.1) is 21.3 Å². The molecule has 1 fully saturated rings. The number of benzene rings is 1. The Morgan fingerprint density at radius 2 is 1.76 bits per heavy atom. The minimum atomic E-state index is 0. The van der Waals surface area contributed by atoms with Crippen LogP contribution >= 0.6 is 12.4 Å². The molecule has 0 spiro atoms. The molecule has 1 aromatic carbocycles. The second-order valence-electron chi connectivity index (χ2n) is 5.16. The third-order valence-corrected chi connectivity index (χ3v) is 3.83. The fourth-order valence-corrected chi connectivity index (χ4v) is 2.73. The summed E-state index contributed by atoms with van der Waals surface area (Å²) in [7, 11) is 4.90. The first-order valence-electron chi connectivity index (χ1n) is 6.93. The largest absolute Gasteiger partial charge is 0.493 e. The summed E-state index contributed by atoms with van der Waals surface area (Å²) >= 11 is 0. The lowest BCUT2D eigenvalue weighted by atomic mass is 10.1. The van der Waals surface area contributed by atoms with Gasteiger partial charge in [-0.3, -0.25) is 4.90 Å². The number of nitrogens with zero attached hydrogens (tertiary/aromatic N) is 1. The monoisotopic (exact) mass is 316 g/mol. The first-order chi connectivity index (χ1) is 9.71. The van der Waals surface area contributed by atoms with E-state index < -0.39 is 0 Å². The molecule has 5 nitrogen and oxygen atoms in total. The second kappa shape index (κ2) is 8.32. The topological polar surface area (TPSA) is 57.0 Å². The van der Waals surface area contributed by atoms with Crippen LogP contribution in [0.3, 0.4) is 0 Å². The predicted molar refractivity (Wildman–Crippen MR) is 85.8 cm³/mol. The number of methoxy groups -OCH3 is 3. The molecule has 120 valence electrons. The van der Waals surface area contributed by atoms with E-state index in [2.05, 4.69) is 4.90 Å². The predicted octanol–water partition coefficient (Wildman–Crippen LogP) is 1.91. The molecule has 0 saturated carbocycles. The Labute approximate surface area is 132 Å². The molecule has 1 unspecified atom stereocenters. The molecule has 1 aliphatic rings. The van der Waals surface area contributed by atoms with Crippen LogP contribution in [0.5, 0.6) is 17.2 Å². The summed E-state index contributed by atoms with van der Waals surface area (Å²) in [6.45, 7) is 3.81. The van der Waals surface area contributed by atoms with Gasteiger partial charge in [-0.1, -0.05) is 0 Å². The highest BCUT2D eigenvalue weighted by Gasteiger charge is 2.22. The maximum atomic E-state index is 5.74. The highest BCUT2D eigenvalue weighted by atomic mass is 35.5. The van der Waals surface area contributed by atoms with Gasteiger partial charge in [-0.15, -0.1) is 12.4 Å². The van der Waals surface area contributed by atoms with Crippen LogP contribution in [0, 0.1) is 5.92 Å². The fraction of sp³-hybridized carbons (Fsp3) is 0.600. The molecule has 0 amide bonds.